The first-order valence-corrected chi connectivity index (χ1v) is 6.68. The highest BCUT2D eigenvalue weighted by Gasteiger charge is 2.08. The summed E-state index contributed by atoms with van der Waals surface area (Å²) in [6.45, 7) is 2.67. The number of thioether (sulfide) groups is 1. The van der Waals surface area contributed by atoms with Crippen molar-refractivity contribution in [2.75, 3.05) is 18.5 Å². The highest BCUT2D eigenvalue weighted by molar-refractivity contribution is 7.99. The molecule has 1 aromatic rings. The number of nitrogen functional groups attached to an aromatic ring is 1. The zero-order chi connectivity index (χ0) is 12.8. The summed E-state index contributed by atoms with van der Waals surface area (Å²) in [5, 5.41) is 3.24. The molecule has 0 bridgehead atoms. The van der Waals surface area contributed by atoms with Gasteiger partial charge in [0, 0.05) is 23.0 Å². The molecule has 0 spiro atoms. The monoisotopic (exact) mass is 256 g/mol. The number of benzene rings is 1. The molecule has 0 aliphatic heterocycles. The molecule has 1 rings (SSSR count). The van der Waals surface area contributed by atoms with Crippen molar-refractivity contribution in [3.05, 3.63) is 29.6 Å². The number of carbonyl (C=O) groups is 1. The molecular formula is C12H17FN2OS. The lowest BCUT2D eigenvalue weighted by Gasteiger charge is -2.09. The third-order valence-electron chi connectivity index (χ3n) is 2.42. The summed E-state index contributed by atoms with van der Waals surface area (Å²) < 4.78 is 13.0. The number of amides is 1. The Morgan fingerprint density at radius 2 is 2.24 bits per heavy atom. The highest BCUT2D eigenvalue weighted by Crippen LogP contribution is 2.11. The Balaban J connectivity index is 2.52. The predicted octanol–water partition coefficient (Wildman–Crippen LogP) is 2.28. The molecule has 17 heavy (non-hydrogen) atoms. The van der Waals surface area contributed by atoms with Gasteiger partial charge in [-0.3, -0.25) is 4.79 Å². The number of nitrogens with one attached hydrogen (secondary N) is 1. The van der Waals surface area contributed by atoms with Crippen LogP contribution in [0.5, 0.6) is 0 Å². The minimum Gasteiger partial charge on any atom is -0.399 e. The summed E-state index contributed by atoms with van der Waals surface area (Å²) >= 11 is 1.75. The number of rotatable bonds is 5. The van der Waals surface area contributed by atoms with Gasteiger partial charge in [0.05, 0.1) is 0 Å². The summed E-state index contributed by atoms with van der Waals surface area (Å²) in [6, 6.07) is 3.84. The first-order valence-electron chi connectivity index (χ1n) is 5.40. The van der Waals surface area contributed by atoms with Crippen LogP contribution in [-0.4, -0.2) is 24.0 Å². The zero-order valence-electron chi connectivity index (χ0n) is 10.00. The van der Waals surface area contributed by atoms with Crippen LogP contribution in [0.4, 0.5) is 10.1 Å². The Bertz CT molecular complexity index is 378. The smallest absolute Gasteiger partial charge is 0.251 e. The molecular weight excluding hydrogens is 239 g/mol. The van der Waals surface area contributed by atoms with Crippen LogP contribution in [0.2, 0.25) is 0 Å². The van der Waals surface area contributed by atoms with Gasteiger partial charge in [-0.25, -0.2) is 4.39 Å². The second kappa shape index (κ2) is 6.49. The lowest BCUT2D eigenvalue weighted by atomic mass is 10.2. The number of hydrogen-bond acceptors (Lipinski definition) is 3. The van der Waals surface area contributed by atoms with Crippen molar-refractivity contribution >= 4 is 23.4 Å². The molecule has 1 amide bonds. The molecule has 0 saturated carbocycles. The van der Waals surface area contributed by atoms with Crippen LogP contribution in [0.3, 0.4) is 0 Å². The van der Waals surface area contributed by atoms with Crippen LogP contribution in [-0.2, 0) is 0 Å². The molecule has 1 unspecified atom stereocenters. The molecule has 3 N–H and O–H groups in total. The first kappa shape index (κ1) is 13.8. The Labute approximate surface area is 105 Å². The van der Waals surface area contributed by atoms with Gasteiger partial charge in [-0.15, -0.1) is 0 Å². The number of hydrogen-bond donors (Lipinski definition) is 2. The van der Waals surface area contributed by atoms with Gasteiger partial charge in [0.2, 0.25) is 0 Å². The summed E-state index contributed by atoms with van der Waals surface area (Å²) in [5.41, 5.74) is 5.99. The van der Waals surface area contributed by atoms with E-state index in [-0.39, 0.29) is 17.2 Å². The van der Waals surface area contributed by atoms with Crippen LogP contribution in [0.25, 0.3) is 0 Å². The molecule has 0 aliphatic rings. The average Bonchev–Trinajstić information content (AvgIpc) is 2.27. The second-order valence-electron chi connectivity index (χ2n) is 3.86. The second-order valence-corrected chi connectivity index (χ2v) is 5.14. The fourth-order valence-electron chi connectivity index (χ4n) is 1.35. The third-order valence-corrected chi connectivity index (χ3v) is 3.46. The Kier molecular flexibility index (Phi) is 5.28. The molecule has 1 aromatic carbocycles. The van der Waals surface area contributed by atoms with Crippen molar-refractivity contribution < 1.29 is 9.18 Å². The number of anilines is 1. The lowest BCUT2D eigenvalue weighted by Crippen LogP contribution is -2.26. The molecule has 94 valence electrons. The SMILES string of the molecule is CSC(C)CCNC(=O)c1cc(N)cc(F)c1. The van der Waals surface area contributed by atoms with Gasteiger partial charge >= 0.3 is 0 Å². The summed E-state index contributed by atoms with van der Waals surface area (Å²) in [7, 11) is 0. The topological polar surface area (TPSA) is 55.1 Å². The molecule has 5 heteroatoms. The van der Waals surface area contributed by atoms with Crippen molar-refractivity contribution in [3.8, 4) is 0 Å². The minimum absolute atomic E-state index is 0.257. The number of carbonyl (C=O) groups excluding carboxylic acids is 1. The standard InChI is InChI=1S/C12H17FN2OS/c1-8(17-2)3-4-15-12(16)9-5-10(13)7-11(14)6-9/h5-8H,3-4,14H2,1-2H3,(H,15,16). The van der Waals surface area contributed by atoms with Gasteiger partial charge < -0.3 is 11.1 Å². The maximum absolute atomic E-state index is 13.0. The van der Waals surface area contributed by atoms with E-state index in [1.54, 1.807) is 11.8 Å². The van der Waals surface area contributed by atoms with Crippen LogP contribution >= 0.6 is 11.8 Å². The quantitative estimate of drug-likeness (QED) is 0.795. The van der Waals surface area contributed by atoms with E-state index in [0.29, 0.717) is 11.8 Å². The van der Waals surface area contributed by atoms with Crippen molar-refractivity contribution in [3.63, 3.8) is 0 Å². The van der Waals surface area contributed by atoms with Crippen LogP contribution in [0, 0.1) is 5.82 Å². The first-order chi connectivity index (χ1) is 8.02. The fraction of sp³-hybridized carbons (Fsp3) is 0.417. The maximum Gasteiger partial charge on any atom is 0.251 e. The van der Waals surface area contributed by atoms with Crippen molar-refractivity contribution in [2.45, 2.75) is 18.6 Å². The Hall–Kier alpha value is -1.23. The average molecular weight is 256 g/mol. The van der Waals surface area contributed by atoms with E-state index in [1.165, 1.54) is 18.2 Å². The number of halogens is 1. The van der Waals surface area contributed by atoms with Crippen LogP contribution in [0.15, 0.2) is 18.2 Å². The van der Waals surface area contributed by atoms with E-state index in [1.807, 2.05) is 6.26 Å². The largest absolute Gasteiger partial charge is 0.399 e. The highest BCUT2D eigenvalue weighted by atomic mass is 32.2. The fourth-order valence-corrected chi connectivity index (χ4v) is 1.71. The van der Waals surface area contributed by atoms with E-state index in [4.69, 9.17) is 5.73 Å². The van der Waals surface area contributed by atoms with Gasteiger partial charge in [0.1, 0.15) is 5.82 Å². The molecule has 3 nitrogen and oxygen atoms in total. The van der Waals surface area contributed by atoms with Gasteiger partial charge in [0.15, 0.2) is 0 Å². The molecule has 0 radical (unpaired) electrons. The van der Waals surface area contributed by atoms with Gasteiger partial charge in [-0.1, -0.05) is 6.92 Å². The van der Waals surface area contributed by atoms with E-state index in [9.17, 15) is 9.18 Å². The van der Waals surface area contributed by atoms with Crippen molar-refractivity contribution in [1.82, 2.24) is 5.32 Å². The summed E-state index contributed by atoms with van der Waals surface area (Å²) in [6.07, 6.45) is 2.91. The van der Waals surface area contributed by atoms with E-state index < -0.39 is 5.82 Å². The molecule has 1 atom stereocenters. The zero-order valence-corrected chi connectivity index (χ0v) is 10.8. The van der Waals surface area contributed by atoms with Crippen molar-refractivity contribution in [1.29, 1.82) is 0 Å². The predicted molar refractivity (Wildman–Crippen MR) is 70.7 cm³/mol. The molecule has 0 heterocycles. The van der Waals surface area contributed by atoms with Crippen molar-refractivity contribution in [2.24, 2.45) is 0 Å². The third kappa shape index (κ3) is 4.65. The van der Waals surface area contributed by atoms with Gasteiger partial charge in [-0.2, -0.15) is 11.8 Å². The van der Waals surface area contributed by atoms with E-state index in [2.05, 4.69) is 12.2 Å². The van der Waals surface area contributed by atoms with E-state index in [0.717, 1.165) is 6.42 Å². The van der Waals surface area contributed by atoms with Crippen LogP contribution in [0.1, 0.15) is 23.7 Å². The molecule has 0 aliphatic carbocycles. The summed E-state index contributed by atoms with van der Waals surface area (Å²) in [5.74, 6) is -0.780. The maximum atomic E-state index is 13.0. The summed E-state index contributed by atoms with van der Waals surface area (Å²) in [4.78, 5) is 11.7. The Morgan fingerprint density at radius 3 is 2.82 bits per heavy atom. The molecule has 0 saturated heterocycles. The van der Waals surface area contributed by atoms with Crippen LogP contribution < -0.4 is 11.1 Å². The molecule has 0 fully saturated rings. The van der Waals surface area contributed by atoms with Gasteiger partial charge in [-0.05, 0) is 30.9 Å². The normalized spacial score (nSPS) is 12.2. The minimum atomic E-state index is -0.493. The molecule has 0 aromatic heterocycles. The Morgan fingerprint density at radius 1 is 1.53 bits per heavy atom. The van der Waals surface area contributed by atoms with Gasteiger partial charge in [0.25, 0.3) is 5.91 Å². The number of nitrogens with two attached hydrogens (primary N) is 1. The lowest BCUT2D eigenvalue weighted by molar-refractivity contribution is 0.0953. The van der Waals surface area contributed by atoms with E-state index >= 15 is 0 Å².